The predicted octanol–water partition coefficient (Wildman–Crippen LogP) is 3.07. The summed E-state index contributed by atoms with van der Waals surface area (Å²) >= 11 is 0. The second-order valence-corrected chi connectivity index (χ2v) is 8.91. The lowest BCUT2D eigenvalue weighted by Crippen LogP contribution is -2.37. The van der Waals surface area contributed by atoms with E-state index in [9.17, 15) is 18.0 Å². The van der Waals surface area contributed by atoms with E-state index < -0.39 is 35.1 Å². The van der Waals surface area contributed by atoms with E-state index in [4.69, 9.17) is 4.74 Å². The Hall–Kier alpha value is -2.87. The zero-order valence-electron chi connectivity index (χ0n) is 17.0. The molecule has 2 aromatic rings. The summed E-state index contributed by atoms with van der Waals surface area (Å²) in [7, 11) is -3.71. The Kier molecular flexibility index (Phi) is 7.39. The van der Waals surface area contributed by atoms with Crippen LogP contribution in [-0.2, 0) is 24.3 Å². The van der Waals surface area contributed by atoms with Gasteiger partial charge in [-0.2, -0.15) is 0 Å². The highest BCUT2D eigenvalue weighted by atomic mass is 32.2. The van der Waals surface area contributed by atoms with Crippen LogP contribution in [0.15, 0.2) is 48.5 Å². The Bertz CT molecular complexity index is 986. The minimum atomic E-state index is -3.71. The SMILES string of the molecule is Cc1ccccc1N(CC(=O)OCC(=O)Nc1ccccc1C(C)C)S(C)(=O)=O. The molecular formula is C21H26N2O5S. The zero-order chi connectivity index (χ0) is 21.6. The van der Waals surface area contributed by atoms with Gasteiger partial charge in [0.15, 0.2) is 6.61 Å². The number of hydrogen-bond donors (Lipinski definition) is 1. The third-order valence-corrected chi connectivity index (χ3v) is 5.40. The average Bonchev–Trinajstić information content (AvgIpc) is 2.64. The lowest BCUT2D eigenvalue weighted by Gasteiger charge is -2.23. The van der Waals surface area contributed by atoms with Crippen molar-refractivity contribution >= 4 is 33.3 Å². The van der Waals surface area contributed by atoms with Gasteiger partial charge in [0.1, 0.15) is 6.54 Å². The molecule has 0 spiro atoms. The molecule has 7 nitrogen and oxygen atoms in total. The number of amides is 1. The first-order valence-corrected chi connectivity index (χ1v) is 11.0. The van der Waals surface area contributed by atoms with E-state index >= 15 is 0 Å². The molecule has 0 aliphatic heterocycles. The molecule has 156 valence electrons. The quantitative estimate of drug-likeness (QED) is 0.665. The van der Waals surface area contributed by atoms with Crippen molar-refractivity contribution in [2.75, 3.05) is 29.0 Å². The first-order chi connectivity index (χ1) is 13.6. The third-order valence-electron chi connectivity index (χ3n) is 4.28. The number of esters is 1. The summed E-state index contributed by atoms with van der Waals surface area (Å²) in [5.41, 5.74) is 2.72. The molecule has 1 amide bonds. The molecule has 0 aliphatic carbocycles. The summed E-state index contributed by atoms with van der Waals surface area (Å²) in [5.74, 6) is -1.09. The van der Waals surface area contributed by atoms with Gasteiger partial charge in [-0.25, -0.2) is 8.42 Å². The highest BCUT2D eigenvalue weighted by Crippen LogP contribution is 2.24. The Balaban J connectivity index is 2.01. The topological polar surface area (TPSA) is 92.8 Å². The number of anilines is 2. The minimum absolute atomic E-state index is 0.214. The van der Waals surface area contributed by atoms with Crippen LogP contribution in [0.1, 0.15) is 30.9 Å². The standard InChI is InChI=1S/C21H26N2O5S/c1-15(2)17-10-6-7-11-18(17)22-20(24)14-28-21(25)13-23(29(4,26)27)19-12-8-5-9-16(19)3/h5-12,15H,13-14H2,1-4H3,(H,22,24). The van der Waals surface area contributed by atoms with Crippen LogP contribution in [-0.4, -0.2) is 39.7 Å². The molecule has 0 unspecified atom stereocenters. The van der Waals surface area contributed by atoms with E-state index in [2.05, 4.69) is 5.32 Å². The normalized spacial score (nSPS) is 11.2. The van der Waals surface area contributed by atoms with Crippen molar-refractivity contribution in [3.8, 4) is 0 Å². The van der Waals surface area contributed by atoms with E-state index in [0.717, 1.165) is 16.1 Å². The molecule has 0 bridgehead atoms. The zero-order valence-corrected chi connectivity index (χ0v) is 17.8. The number of benzene rings is 2. The third kappa shape index (κ3) is 6.32. The second-order valence-electron chi connectivity index (χ2n) is 7.01. The number of aryl methyl sites for hydroxylation is 1. The Labute approximate surface area is 171 Å². The fourth-order valence-electron chi connectivity index (χ4n) is 2.83. The lowest BCUT2D eigenvalue weighted by atomic mass is 10.0. The lowest BCUT2D eigenvalue weighted by molar-refractivity contribution is -0.145. The maximum Gasteiger partial charge on any atom is 0.327 e. The van der Waals surface area contributed by atoms with Crippen molar-refractivity contribution < 1.29 is 22.7 Å². The first-order valence-electron chi connectivity index (χ1n) is 9.17. The summed E-state index contributed by atoms with van der Waals surface area (Å²) in [6.07, 6.45) is 1.02. The summed E-state index contributed by atoms with van der Waals surface area (Å²) < 4.78 is 30.3. The molecule has 0 heterocycles. The number of nitrogens with one attached hydrogen (secondary N) is 1. The molecule has 0 saturated carbocycles. The van der Waals surface area contributed by atoms with Crippen LogP contribution in [0.3, 0.4) is 0 Å². The van der Waals surface area contributed by atoms with Crippen LogP contribution in [0, 0.1) is 6.92 Å². The van der Waals surface area contributed by atoms with Gasteiger partial charge in [-0.3, -0.25) is 13.9 Å². The Morgan fingerprint density at radius 1 is 1.07 bits per heavy atom. The molecule has 2 rings (SSSR count). The molecule has 1 N–H and O–H groups in total. The van der Waals surface area contributed by atoms with Gasteiger partial charge < -0.3 is 10.1 Å². The number of rotatable bonds is 8. The summed E-state index contributed by atoms with van der Waals surface area (Å²) in [6.45, 7) is 4.75. The molecule has 0 aliphatic rings. The maximum absolute atomic E-state index is 12.2. The van der Waals surface area contributed by atoms with Crippen molar-refractivity contribution in [3.63, 3.8) is 0 Å². The first kappa shape index (κ1) is 22.4. The van der Waals surface area contributed by atoms with Gasteiger partial charge in [-0.05, 0) is 36.1 Å². The van der Waals surface area contributed by atoms with Crippen molar-refractivity contribution in [2.24, 2.45) is 0 Å². The number of sulfonamides is 1. The summed E-state index contributed by atoms with van der Waals surface area (Å²) in [5, 5.41) is 2.72. The largest absolute Gasteiger partial charge is 0.454 e. The van der Waals surface area contributed by atoms with E-state index in [1.807, 2.05) is 26.0 Å². The number of nitrogens with zero attached hydrogens (tertiary/aromatic N) is 1. The number of para-hydroxylation sites is 2. The van der Waals surface area contributed by atoms with Gasteiger partial charge in [0.2, 0.25) is 10.0 Å². The predicted molar refractivity (Wildman–Crippen MR) is 113 cm³/mol. The number of carbonyl (C=O) groups is 2. The average molecular weight is 419 g/mol. The van der Waals surface area contributed by atoms with Crippen molar-refractivity contribution in [2.45, 2.75) is 26.7 Å². The van der Waals surface area contributed by atoms with Crippen molar-refractivity contribution in [1.82, 2.24) is 0 Å². The summed E-state index contributed by atoms with van der Waals surface area (Å²) in [6, 6.07) is 14.2. The molecule has 0 aromatic heterocycles. The monoisotopic (exact) mass is 418 g/mol. The van der Waals surface area contributed by atoms with Crippen LogP contribution in [0.25, 0.3) is 0 Å². The molecular weight excluding hydrogens is 392 g/mol. The van der Waals surface area contributed by atoms with Gasteiger partial charge in [-0.1, -0.05) is 50.2 Å². The van der Waals surface area contributed by atoms with Gasteiger partial charge in [-0.15, -0.1) is 0 Å². The summed E-state index contributed by atoms with van der Waals surface area (Å²) in [4.78, 5) is 24.4. The highest BCUT2D eigenvalue weighted by Gasteiger charge is 2.23. The van der Waals surface area contributed by atoms with Crippen molar-refractivity contribution in [3.05, 3.63) is 59.7 Å². The molecule has 0 saturated heterocycles. The van der Waals surface area contributed by atoms with Crippen LogP contribution in [0.5, 0.6) is 0 Å². The van der Waals surface area contributed by atoms with E-state index in [-0.39, 0.29) is 5.92 Å². The molecule has 0 fully saturated rings. The van der Waals surface area contributed by atoms with E-state index in [1.54, 1.807) is 43.3 Å². The highest BCUT2D eigenvalue weighted by molar-refractivity contribution is 7.92. The molecule has 8 heteroatoms. The van der Waals surface area contributed by atoms with E-state index in [1.165, 1.54) is 0 Å². The smallest absolute Gasteiger partial charge is 0.327 e. The second kappa shape index (κ2) is 9.56. The van der Waals surface area contributed by atoms with Crippen LogP contribution < -0.4 is 9.62 Å². The van der Waals surface area contributed by atoms with Crippen molar-refractivity contribution in [1.29, 1.82) is 0 Å². The molecule has 0 atom stereocenters. The Morgan fingerprint density at radius 3 is 2.31 bits per heavy atom. The number of ether oxygens (including phenoxy) is 1. The molecule has 29 heavy (non-hydrogen) atoms. The van der Waals surface area contributed by atoms with E-state index in [0.29, 0.717) is 16.9 Å². The van der Waals surface area contributed by atoms with Gasteiger partial charge in [0.25, 0.3) is 5.91 Å². The molecule has 0 radical (unpaired) electrons. The van der Waals surface area contributed by atoms with Crippen LogP contribution >= 0.6 is 0 Å². The van der Waals surface area contributed by atoms with Crippen LogP contribution in [0.4, 0.5) is 11.4 Å². The fraction of sp³-hybridized carbons (Fsp3) is 0.333. The van der Waals surface area contributed by atoms with Gasteiger partial charge in [0.05, 0.1) is 11.9 Å². The fourth-order valence-corrected chi connectivity index (χ4v) is 3.74. The maximum atomic E-state index is 12.2. The van der Waals surface area contributed by atoms with Crippen LogP contribution in [0.2, 0.25) is 0 Å². The van der Waals surface area contributed by atoms with Gasteiger partial charge in [0, 0.05) is 5.69 Å². The van der Waals surface area contributed by atoms with Gasteiger partial charge >= 0.3 is 5.97 Å². The number of carbonyl (C=O) groups excluding carboxylic acids is 2. The molecule has 2 aromatic carbocycles. The Morgan fingerprint density at radius 2 is 1.69 bits per heavy atom. The minimum Gasteiger partial charge on any atom is -0.454 e. The number of hydrogen-bond acceptors (Lipinski definition) is 5.